The van der Waals surface area contributed by atoms with E-state index in [-0.39, 0.29) is 0 Å². The van der Waals surface area contributed by atoms with E-state index < -0.39 is 0 Å². The van der Waals surface area contributed by atoms with Crippen LogP contribution in [0.3, 0.4) is 0 Å². The van der Waals surface area contributed by atoms with Crippen LogP contribution < -0.4 is 0 Å². The van der Waals surface area contributed by atoms with Crippen molar-refractivity contribution in [2.45, 2.75) is 51.5 Å². The molecule has 2 aliphatic rings. The fourth-order valence-electron chi connectivity index (χ4n) is 4.05. The van der Waals surface area contributed by atoms with Crippen LogP contribution in [0.2, 0.25) is 0 Å². The Kier molecular flexibility index (Phi) is 7.12. The minimum absolute atomic E-state index is 0.346. The van der Waals surface area contributed by atoms with E-state index in [9.17, 15) is 0 Å². The summed E-state index contributed by atoms with van der Waals surface area (Å²) in [5.74, 6) is 2.55. The summed E-state index contributed by atoms with van der Waals surface area (Å²) in [6.45, 7) is 8.54. The van der Waals surface area contributed by atoms with Gasteiger partial charge in [-0.25, -0.2) is 0 Å². The van der Waals surface area contributed by atoms with Crippen molar-refractivity contribution in [1.29, 1.82) is 0 Å². The van der Waals surface area contributed by atoms with Gasteiger partial charge >= 0.3 is 0 Å². The van der Waals surface area contributed by atoms with Crippen molar-refractivity contribution in [3.63, 3.8) is 0 Å². The van der Waals surface area contributed by atoms with Crippen molar-refractivity contribution in [3.8, 4) is 0 Å². The topological polar surface area (TPSA) is 60.6 Å². The van der Waals surface area contributed by atoms with E-state index in [1.165, 1.54) is 16.2 Å². The first kappa shape index (κ1) is 20.0. The molecule has 2 aromatic heterocycles. The molecule has 2 fully saturated rings. The van der Waals surface area contributed by atoms with Gasteiger partial charge in [0.2, 0.25) is 5.89 Å². The number of thiophene rings is 1. The maximum absolute atomic E-state index is 5.83. The number of hydrogen-bond acceptors (Lipinski definition) is 7. The van der Waals surface area contributed by atoms with Gasteiger partial charge in [-0.1, -0.05) is 5.16 Å². The number of nitrogens with zero attached hydrogens (tertiary/aromatic N) is 3. The molecule has 2 aromatic rings. The zero-order valence-corrected chi connectivity index (χ0v) is 17.6. The first-order valence-electron chi connectivity index (χ1n) is 10.5. The van der Waals surface area contributed by atoms with E-state index in [2.05, 4.69) is 34.1 Å². The predicted molar refractivity (Wildman–Crippen MR) is 109 cm³/mol. The lowest BCUT2D eigenvalue weighted by Gasteiger charge is -2.30. The molecule has 4 rings (SSSR count). The maximum atomic E-state index is 5.83. The van der Waals surface area contributed by atoms with Crippen LogP contribution in [0.1, 0.15) is 53.1 Å². The van der Waals surface area contributed by atoms with Gasteiger partial charge in [-0.15, -0.1) is 11.3 Å². The van der Waals surface area contributed by atoms with Crippen molar-refractivity contribution < 1.29 is 14.0 Å². The maximum Gasteiger partial charge on any atom is 0.231 e. The van der Waals surface area contributed by atoms with Crippen molar-refractivity contribution in [2.24, 2.45) is 5.92 Å². The number of aryl methyl sites for hydroxylation is 1. The van der Waals surface area contributed by atoms with E-state index in [1.54, 1.807) is 0 Å². The van der Waals surface area contributed by atoms with Gasteiger partial charge in [0.05, 0.1) is 12.5 Å². The van der Waals surface area contributed by atoms with Crippen LogP contribution in [0.5, 0.6) is 0 Å². The minimum atomic E-state index is 0.346. The molecule has 1 unspecified atom stereocenters. The van der Waals surface area contributed by atoms with Crippen molar-refractivity contribution >= 4 is 11.3 Å². The molecule has 0 amide bonds. The van der Waals surface area contributed by atoms with E-state index in [1.807, 2.05) is 11.3 Å². The zero-order valence-electron chi connectivity index (χ0n) is 16.8. The highest BCUT2D eigenvalue weighted by Gasteiger charge is 2.26. The standard InChI is InChI=1S/C21H31N3O3S/c1-16-4-5-19(28-16)14-24-9-2-3-18(13-24)21-22-20(23-27-21)8-12-26-15-17-6-10-25-11-7-17/h4-5,17-18H,2-3,6-15H2,1H3. The van der Waals surface area contributed by atoms with E-state index >= 15 is 0 Å². The molecule has 0 N–H and O–H groups in total. The summed E-state index contributed by atoms with van der Waals surface area (Å²) in [6.07, 6.45) is 5.24. The molecule has 4 heterocycles. The Morgan fingerprint density at radius 1 is 1.25 bits per heavy atom. The first-order chi connectivity index (χ1) is 13.8. The molecular formula is C21H31N3O3S. The van der Waals surface area contributed by atoms with Gasteiger partial charge in [-0.05, 0) is 57.2 Å². The van der Waals surface area contributed by atoms with Gasteiger partial charge in [-0.3, -0.25) is 4.90 Å². The van der Waals surface area contributed by atoms with Gasteiger partial charge in [0.25, 0.3) is 0 Å². The lowest BCUT2D eigenvalue weighted by Crippen LogP contribution is -2.33. The third-order valence-corrected chi connectivity index (χ3v) is 6.66. The molecule has 0 saturated carbocycles. The van der Waals surface area contributed by atoms with Gasteiger partial charge in [-0.2, -0.15) is 4.98 Å². The Hall–Kier alpha value is -1.28. The fourth-order valence-corrected chi connectivity index (χ4v) is 4.99. The quantitative estimate of drug-likeness (QED) is 0.623. The summed E-state index contributed by atoms with van der Waals surface area (Å²) in [5, 5.41) is 4.19. The Morgan fingerprint density at radius 3 is 2.96 bits per heavy atom. The van der Waals surface area contributed by atoms with Gasteiger partial charge in [0.1, 0.15) is 0 Å². The van der Waals surface area contributed by atoms with Crippen LogP contribution >= 0.6 is 11.3 Å². The first-order valence-corrected chi connectivity index (χ1v) is 11.3. The van der Waals surface area contributed by atoms with Crippen LogP contribution in [0.4, 0.5) is 0 Å². The third-order valence-electron chi connectivity index (χ3n) is 5.68. The highest BCUT2D eigenvalue weighted by Crippen LogP contribution is 2.28. The minimum Gasteiger partial charge on any atom is -0.381 e. The normalized spacial score (nSPS) is 22.0. The molecule has 2 saturated heterocycles. The molecule has 0 radical (unpaired) electrons. The summed E-state index contributed by atoms with van der Waals surface area (Å²) >= 11 is 1.89. The Labute approximate surface area is 171 Å². The SMILES string of the molecule is Cc1ccc(CN2CCCC(c3nc(CCOCC4CCOCC4)no3)C2)s1. The van der Waals surface area contributed by atoms with Crippen molar-refractivity contribution in [3.05, 3.63) is 33.6 Å². The summed E-state index contributed by atoms with van der Waals surface area (Å²) in [5.41, 5.74) is 0. The molecule has 0 aromatic carbocycles. The number of ether oxygens (including phenoxy) is 2. The van der Waals surface area contributed by atoms with Crippen LogP contribution in [0.15, 0.2) is 16.7 Å². The number of aromatic nitrogens is 2. The second-order valence-electron chi connectivity index (χ2n) is 8.02. The predicted octanol–water partition coefficient (Wildman–Crippen LogP) is 3.80. The third kappa shape index (κ3) is 5.63. The molecular weight excluding hydrogens is 374 g/mol. The number of hydrogen-bond donors (Lipinski definition) is 0. The number of piperidine rings is 1. The molecule has 0 spiro atoms. The molecule has 1 atom stereocenters. The summed E-state index contributed by atoms with van der Waals surface area (Å²) in [6, 6.07) is 4.45. The van der Waals surface area contributed by atoms with E-state index in [0.717, 1.165) is 76.9 Å². The molecule has 0 bridgehead atoms. The molecule has 6 nitrogen and oxygen atoms in total. The molecule has 0 aliphatic carbocycles. The average molecular weight is 406 g/mol. The summed E-state index contributed by atoms with van der Waals surface area (Å²) in [4.78, 5) is 9.99. The van der Waals surface area contributed by atoms with E-state index in [0.29, 0.717) is 18.4 Å². The lowest BCUT2D eigenvalue weighted by molar-refractivity contribution is 0.0211. The van der Waals surface area contributed by atoms with Crippen molar-refractivity contribution in [2.75, 3.05) is 39.5 Å². The Balaban J connectivity index is 1.21. The molecule has 7 heteroatoms. The van der Waals surface area contributed by atoms with Gasteiger partial charge in [0, 0.05) is 49.1 Å². The number of likely N-dealkylation sites (tertiary alicyclic amines) is 1. The second-order valence-corrected chi connectivity index (χ2v) is 9.39. The smallest absolute Gasteiger partial charge is 0.231 e. The molecule has 28 heavy (non-hydrogen) atoms. The Bertz CT molecular complexity index is 726. The van der Waals surface area contributed by atoms with Crippen molar-refractivity contribution in [1.82, 2.24) is 15.0 Å². The average Bonchev–Trinajstić information content (AvgIpc) is 3.35. The van der Waals surface area contributed by atoms with Crippen LogP contribution in [0, 0.1) is 12.8 Å². The highest BCUT2D eigenvalue weighted by molar-refractivity contribution is 7.11. The zero-order chi connectivity index (χ0) is 19.2. The van der Waals surface area contributed by atoms with Crippen LogP contribution in [-0.2, 0) is 22.4 Å². The Morgan fingerprint density at radius 2 is 2.14 bits per heavy atom. The summed E-state index contributed by atoms with van der Waals surface area (Å²) in [7, 11) is 0. The molecule has 2 aliphatic heterocycles. The van der Waals surface area contributed by atoms with Gasteiger partial charge in [0.15, 0.2) is 5.82 Å². The molecule has 154 valence electrons. The highest BCUT2D eigenvalue weighted by atomic mass is 32.1. The monoisotopic (exact) mass is 405 g/mol. The van der Waals surface area contributed by atoms with Crippen LogP contribution in [-0.4, -0.2) is 54.6 Å². The number of rotatable bonds is 8. The van der Waals surface area contributed by atoms with Crippen LogP contribution in [0.25, 0.3) is 0 Å². The second kappa shape index (κ2) is 9.96. The largest absolute Gasteiger partial charge is 0.381 e. The van der Waals surface area contributed by atoms with Gasteiger partial charge < -0.3 is 14.0 Å². The van der Waals surface area contributed by atoms with E-state index in [4.69, 9.17) is 14.0 Å². The fraction of sp³-hybridized carbons (Fsp3) is 0.714. The lowest BCUT2D eigenvalue weighted by atomic mass is 9.98. The summed E-state index contributed by atoms with van der Waals surface area (Å²) < 4.78 is 16.8.